The fourth-order valence-electron chi connectivity index (χ4n) is 3.83. The second-order valence-corrected chi connectivity index (χ2v) is 9.12. The second kappa shape index (κ2) is 11.6. The van der Waals surface area contributed by atoms with Crippen LogP contribution >= 0.6 is 23.2 Å². The van der Waals surface area contributed by atoms with Gasteiger partial charge in [-0.1, -0.05) is 35.3 Å². The number of hydrogen-bond donors (Lipinski definition) is 1. The maximum atomic E-state index is 13.1. The number of aryl methyl sites for hydroxylation is 1. The third kappa shape index (κ3) is 6.20. The number of aromatic nitrogens is 3. The van der Waals surface area contributed by atoms with Gasteiger partial charge >= 0.3 is 5.97 Å². The Hall–Kier alpha value is -3.63. The van der Waals surface area contributed by atoms with Gasteiger partial charge in [-0.05, 0) is 43.2 Å². The van der Waals surface area contributed by atoms with Gasteiger partial charge in [-0.25, -0.2) is 9.67 Å². The Kier molecular flexibility index (Phi) is 8.30. The average Bonchev–Trinajstić information content (AvgIpc) is 3.32. The summed E-state index contributed by atoms with van der Waals surface area (Å²) in [7, 11) is 1.60. The van der Waals surface area contributed by atoms with Crippen LogP contribution < -0.4 is 15.0 Å². The lowest BCUT2D eigenvalue weighted by Gasteiger charge is -2.20. The highest BCUT2D eigenvalue weighted by Gasteiger charge is 2.31. The molecule has 4 rings (SSSR count). The quantitative estimate of drug-likeness (QED) is 0.431. The third-order valence-electron chi connectivity index (χ3n) is 5.77. The first-order valence-electron chi connectivity index (χ1n) is 11.6. The number of ether oxygens (including phenoxy) is 2. The molecule has 2 heterocycles. The fraction of sp³-hybridized carbons (Fsp3) is 0.320. The molecule has 12 heteroatoms. The van der Waals surface area contributed by atoms with Crippen molar-refractivity contribution in [1.82, 2.24) is 20.1 Å². The number of hydrogen-bond acceptors (Lipinski definition) is 7. The van der Waals surface area contributed by atoms with Crippen molar-refractivity contribution in [1.29, 1.82) is 0 Å². The summed E-state index contributed by atoms with van der Waals surface area (Å²) in [6, 6.07) is 9.56. The predicted molar refractivity (Wildman–Crippen MR) is 137 cm³/mol. The van der Waals surface area contributed by atoms with E-state index in [1.807, 2.05) is 6.07 Å². The summed E-state index contributed by atoms with van der Waals surface area (Å²) >= 11 is 12.4. The van der Waals surface area contributed by atoms with Crippen molar-refractivity contribution in [3.05, 3.63) is 69.7 Å². The van der Waals surface area contributed by atoms with E-state index in [4.69, 9.17) is 32.7 Å². The van der Waals surface area contributed by atoms with Crippen LogP contribution in [0.15, 0.2) is 42.7 Å². The van der Waals surface area contributed by atoms with E-state index in [1.54, 1.807) is 44.3 Å². The normalized spacial score (nSPS) is 15.0. The Morgan fingerprint density at radius 3 is 2.70 bits per heavy atom. The number of carbonyl (C=O) groups excluding carboxylic acids is 3. The lowest BCUT2D eigenvalue weighted by molar-refractivity contribution is -0.143. The molecule has 0 saturated carbocycles. The number of amides is 2. The van der Waals surface area contributed by atoms with Gasteiger partial charge in [0, 0.05) is 29.1 Å². The van der Waals surface area contributed by atoms with Gasteiger partial charge in [0.15, 0.2) is 0 Å². The van der Waals surface area contributed by atoms with Gasteiger partial charge in [0.2, 0.25) is 5.82 Å². The van der Waals surface area contributed by atoms with E-state index in [9.17, 15) is 14.4 Å². The fourth-order valence-corrected chi connectivity index (χ4v) is 4.34. The Labute approximate surface area is 223 Å². The molecule has 0 spiro atoms. The zero-order valence-electron chi connectivity index (χ0n) is 20.2. The van der Waals surface area contributed by atoms with Gasteiger partial charge in [0.1, 0.15) is 24.7 Å². The van der Waals surface area contributed by atoms with Crippen LogP contribution in [0.3, 0.4) is 0 Å². The van der Waals surface area contributed by atoms with Crippen molar-refractivity contribution in [2.75, 3.05) is 25.2 Å². The lowest BCUT2D eigenvalue weighted by atomic mass is 10.1. The van der Waals surface area contributed by atoms with Crippen molar-refractivity contribution in [2.24, 2.45) is 0 Å². The van der Waals surface area contributed by atoms with Crippen LogP contribution in [0.1, 0.15) is 35.1 Å². The van der Waals surface area contributed by atoms with Gasteiger partial charge in [-0.2, -0.15) is 0 Å². The van der Waals surface area contributed by atoms with E-state index in [0.717, 1.165) is 5.56 Å². The number of benzene rings is 2. The molecule has 1 N–H and O–H groups in total. The highest BCUT2D eigenvalue weighted by molar-refractivity contribution is 6.36. The minimum Gasteiger partial charge on any atom is -0.489 e. The molecule has 3 aromatic rings. The number of fused-ring (bicyclic) bond motifs is 1. The van der Waals surface area contributed by atoms with E-state index in [-0.39, 0.29) is 37.3 Å². The molecule has 0 fully saturated rings. The summed E-state index contributed by atoms with van der Waals surface area (Å²) in [5, 5.41) is 7.79. The number of likely N-dealkylation sites (N-methyl/N-ethyl adjacent to an activating group) is 1. The van der Waals surface area contributed by atoms with E-state index in [1.165, 1.54) is 15.9 Å². The lowest BCUT2D eigenvalue weighted by Crippen LogP contribution is -2.49. The minimum absolute atomic E-state index is 0.0694. The molecule has 2 aromatic carbocycles. The summed E-state index contributed by atoms with van der Waals surface area (Å²) in [4.78, 5) is 43.1. The van der Waals surface area contributed by atoms with Gasteiger partial charge in [0.25, 0.3) is 11.8 Å². The van der Waals surface area contributed by atoms with Crippen LogP contribution in [0.25, 0.3) is 0 Å². The highest BCUT2D eigenvalue weighted by atomic mass is 35.5. The van der Waals surface area contributed by atoms with Crippen molar-refractivity contribution in [3.63, 3.8) is 0 Å². The minimum atomic E-state index is -0.960. The Morgan fingerprint density at radius 1 is 1.22 bits per heavy atom. The van der Waals surface area contributed by atoms with Crippen LogP contribution in [-0.4, -0.2) is 58.9 Å². The number of carbonyl (C=O) groups is 3. The smallest absolute Gasteiger partial charge is 0.306 e. The predicted octanol–water partition coefficient (Wildman–Crippen LogP) is 3.28. The molecule has 1 atom stereocenters. The summed E-state index contributed by atoms with van der Waals surface area (Å²) in [6.45, 7) is 2.24. The summed E-state index contributed by atoms with van der Waals surface area (Å²) in [5.74, 6) is -0.891. The molecule has 10 nitrogen and oxygen atoms in total. The summed E-state index contributed by atoms with van der Waals surface area (Å²) in [6.07, 6.45) is 2.08. The first-order valence-corrected chi connectivity index (χ1v) is 12.3. The maximum Gasteiger partial charge on any atom is 0.306 e. The topological polar surface area (TPSA) is 116 Å². The van der Waals surface area contributed by atoms with Gasteiger partial charge in [-0.3, -0.25) is 14.4 Å². The van der Waals surface area contributed by atoms with Crippen molar-refractivity contribution in [2.45, 2.75) is 32.4 Å². The highest BCUT2D eigenvalue weighted by Crippen LogP contribution is 2.32. The molecule has 0 saturated heterocycles. The molecule has 194 valence electrons. The summed E-state index contributed by atoms with van der Waals surface area (Å²) < 4.78 is 12.2. The van der Waals surface area contributed by atoms with Gasteiger partial charge in [0.05, 0.1) is 18.8 Å². The first-order chi connectivity index (χ1) is 17.8. The molecule has 2 amide bonds. The summed E-state index contributed by atoms with van der Waals surface area (Å²) in [5.41, 5.74) is 2.05. The maximum absolute atomic E-state index is 13.1. The van der Waals surface area contributed by atoms with Crippen LogP contribution in [0.4, 0.5) is 5.69 Å². The molecule has 0 aliphatic carbocycles. The van der Waals surface area contributed by atoms with E-state index < -0.39 is 11.9 Å². The zero-order chi connectivity index (χ0) is 26.5. The Balaban J connectivity index is 1.42. The first kappa shape index (κ1) is 26.4. The number of halogens is 2. The Bertz CT molecular complexity index is 1310. The molecule has 0 bridgehead atoms. The molecular formula is C25H25Cl2N5O5. The molecule has 37 heavy (non-hydrogen) atoms. The van der Waals surface area contributed by atoms with Crippen molar-refractivity contribution >= 4 is 46.7 Å². The standard InChI is InChI=1S/C25H25Cl2N5O5/c1-3-36-22(33)10-8-15-7-9-21-20(11-15)31(2)25(35)19(13-37-21)29-24(34)23-28-14-32(30-23)12-16-17(26)5-4-6-18(16)27/h4-7,9,11,14,19H,3,8,10,12-13H2,1-2H3,(H,29,34)/t19-/m1/s1. The average molecular weight is 546 g/mol. The van der Waals surface area contributed by atoms with Crippen LogP contribution in [0, 0.1) is 0 Å². The molecule has 1 aliphatic heterocycles. The SMILES string of the molecule is CCOC(=O)CCc1ccc2c(c1)N(C)C(=O)[C@H](NC(=O)c1ncn(Cc3c(Cl)cccc3Cl)n1)CO2. The molecule has 1 aliphatic rings. The van der Waals surface area contributed by atoms with Crippen molar-refractivity contribution in [3.8, 4) is 5.75 Å². The van der Waals surface area contributed by atoms with Crippen LogP contribution in [0.2, 0.25) is 10.0 Å². The molecule has 1 aromatic heterocycles. The second-order valence-electron chi connectivity index (χ2n) is 8.31. The van der Waals surface area contributed by atoms with Crippen LogP contribution in [0.5, 0.6) is 5.75 Å². The Morgan fingerprint density at radius 2 is 1.97 bits per heavy atom. The molecule has 0 unspecified atom stereocenters. The number of rotatable bonds is 8. The molecule has 0 radical (unpaired) electrons. The number of nitrogens with zero attached hydrogens (tertiary/aromatic N) is 4. The number of nitrogens with one attached hydrogen (secondary N) is 1. The van der Waals surface area contributed by atoms with Gasteiger partial charge < -0.3 is 19.7 Å². The third-order valence-corrected chi connectivity index (χ3v) is 6.48. The van der Waals surface area contributed by atoms with E-state index >= 15 is 0 Å². The monoisotopic (exact) mass is 545 g/mol. The van der Waals surface area contributed by atoms with E-state index in [0.29, 0.717) is 40.1 Å². The number of anilines is 1. The molecular weight excluding hydrogens is 521 g/mol. The van der Waals surface area contributed by atoms with Crippen LogP contribution in [-0.2, 0) is 27.3 Å². The number of esters is 1. The largest absolute Gasteiger partial charge is 0.489 e. The zero-order valence-corrected chi connectivity index (χ0v) is 21.8. The van der Waals surface area contributed by atoms with E-state index in [2.05, 4.69) is 15.4 Å². The van der Waals surface area contributed by atoms with Crippen molar-refractivity contribution < 1.29 is 23.9 Å². The van der Waals surface area contributed by atoms with Gasteiger partial charge in [-0.15, -0.1) is 5.10 Å².